The minimum absolute atomic E-state index is 0.122. The average Bonchev–Trinajstić information content (AvgIpc) is 2.79. The third-order valence-corrected chi connectivity index (χ3v) is 4.12. The molecule has 0 saturated heterocycles. The van der Waals surface area contributed by atoms with E-state index in [1.807, 2.05) is 12.1 Å². The maximum Gasteiger partial charge on any atom is 0.126 e. The van der Waals surface area contributed by atoms with E-state index in [9.17, 15) is 4.39 Å². The lowest BCUT2D eigenvalue weighted by Crippen LogP contribution is -2.37. The summed E-state index contributed by atoms with van der Waals surface area (Å²) in [5.74, 6) is 0.450. The van der Waals surface area contributed by atoms with Gasteiger partial charge in [0, 0.05) is 12.1 Å². The zero-order valence-electron chi connectivity index (χ0n) is 11.2. The third kappa shape index (κ3) is 2.90. The molecule has 1 fully saturated rings. The van der Waals surface area contributed by atoms with E-state index in [1.165, 1.54) is 19.3 Å². The van der Waals surface area contributed by atoms with E-state index in [2.05, 4.69) is 12.2 Å². The van der Waals surface area contributed by atoms with E-state index >= 15 is 0 Å². The Labute approximate surface area is 109 Å². The summed E-state index contributed by atoms with van der Waals surface area (Å²) in [6.07, 6.45) is 3.64. The van der Waals surface area contributed by atoms with Crippen molar-refractivity contribution < 1.29 is 4.39 Å². The van der Waals surface area contributed by atoms with Gasteiger partial charge in [0.15, 0.2) is 0 Å². The first-order valence-electron chi connectivity index (χ1n) is 6.84. The maximum atomic E-state index is 13.5. The summed E-state index contributed by atoms with van der Waals surface area (Å²) in [5, 5.41) is 3.60. The molecule has 0 heterocycles. The second kappa shape index (κ2) is 5.81. The molecule has 0 aliphatic heterocycles. The fourth-order valence-electron chi connectivity index (χ4n) is 2.83. The van der Waals surface area contributed by atoms with Crippen molar-refractivity contribution >= 4 is 0 Å². The van der Waals surface area contributed by atoms with Crippen LogP contribution in [0.2, 0.25) is 0 Å². The summed E-state index contributed by atoms with van der Waals surface area (Å²) < 4.78 is 13.5. The van der Waals surface area contributed by atoms with Crippen molar-refractivity contribution in [2.24, 2.45) is 11.7 Å². The topological polar surface area (TPSA) is 38.0 Å². The number of hydrogen-bond acceptors (Lipinski definition) is 2. The first kappa shape index (κ1) is 13.5. The highest BCUT2D eigenvalue weighted by molar-refractivity contribution is 5.25. The van der Waals surface area contributed by atoms with Gasteiger partial charge in [-0.05, 0) is 56.3 Å². The van der Waals surface area contributed by atoms with Crippen molar-refractivity contribution in [2.75, 3.05) is 6.54 Å². The Bertz CT molecular complexity index is 405. The number of nitrogens with one attached hydrogen (secondary N) is 1. The molecule has 3 heteroatoms. The van der Waals surface area contributed by atoms with Gasteiger partial charge in [0.05, 0.1) is 0 Å². The Kier molecular flexibility index (Phi) is 4.36. The molecule has 1 aromatic rings. The molecule has 1 aliphatic rings. The molecule has 0 radical (unpaired) electrons. The minimum Gasteiger partial charge on any atom is -0.330 e. The second-order valence-corrected chi connectivity index (χ2v) is 5.43. The zero-order valence-corrected chi connectivity index (χ0v) is 11.2. The van der Waals surface area contributed by atoms with Gasteiger partial charge in [0.25, 0.3) is 0 Å². The predicted octanol–water partition coefficient (Wildman–Crippen LogP) is 2.91. The van der Waals surface area contributed by atoms with Crippen molar-refractivity contribution in [2.45, 2.75) is 45.2 Å². The van der Waals surface area contributed by atoms with Crippen LogP contribution in [0.15, 0.2) is 18.2 Å². The van der Waals surface area contributed by atoms with Crippen molar-refractivity contribution in [1.82, 2.24) is 5.32 Å². The molecule has 3 N–H and O–H groups in total. The van der Waals surface area contributed by atoms with Crippen molar-refractivity contribution in [3.05, 3.63) is 35.1 Å². The summed E-state index contributed by atoms with van der Waals surface area (Å²) in [4.78, 5) is 0. The first-order chi connectivity index (χ1) is 8.61. The Morgan fingerprint density at radius 3 is 2.89 bits per heavy atom. The summed E-state index contributed by atoms with van der Waals surface area (Å²) in [5.41, 5.74) is 7.50. The van der Waals surface area contributed by atoms with Crippen LogP contribution >= 0.6 is 0 Å². The van der Waals surface area contributed by atoms with Crippen LogP contribution in [0.25, 0.3) is 0 Å². The summed E-state index contributed by atoms with van der Waals surface area (Å²) >= 11 is 0. The predicted molar refractivity (Wildman–Crippen MR) is 72.9 cm³/mol. The molecule has 1 aliphatic carbocycles. The standard InChI is InChI=1S/C15H23FN2/c1-10-6-7-12(8-14(10)16)11(2)18-15-5-3-4-13(15)9-17/h6-8,11,13,15,18H,3-5,9,17H2,1-2H3. The van der Waals surface area contributed by atoms with Crippen molar-refractivity contribution in [3.63, 3.8) is 0 Å². The van der Waals surface area contributed by atoms with E-state index in [4.69, 9.17) is 5.73 Å². The number of aryl methyl sites for hydroxylation is 1. The largest absolute Gasteiger partial charge is 0.330 e. The lowest BCUT2D eigenvalue weighted by molar-refractivity contribution is 0.373. The molecule has 0 amide bonds. The van der Waals surface area contributed by atoms with Gasteiger partial charge in [-0.1, -0.05) is 18.6 Å². The van der Waals surface area contributed by atoms with Crippen molar-refractivity contribution in [1.29, 1.82) is 0 Å². The quantitative estimate of drug-likeness (QED) is 0.862. The number of hydrogen-bond donors (Lipinski definition) is 2. The van der Waals surface area contributed by atoms with Gasteiger partial charge in [0.2, 0.25) is 0 Å². The van der Waals surface area contributed by atoms with Crippen molar-refractivity contribution in [3.8, 4) is 0 Å². The highest BCUT2D eigenvalue weighted by atomic mass is 19.1. The Morgan fingerprint density at radius 1 is 1.44 bits per heavy atom. The average molecular weight is 250 g/mol. The van der Waals surface area contributed by atoms with E-state index in [1.54, 1.807) is 13.0 Å². The lowest BCUT2D eigenvalue weighted by Gasteiger charge is -2.24. The fourth-order valence-corrected chi connectivity index (χ4v) is 2.83. The summed E-state index contributed by atoms with van der Waals surface area (Å²) in [6.45, 7) is 4.63. The van der Waals surface area contributed by atoms with Crippen LogP contribution in [0.5, 0.6) is 0 Å². The minimum atomic E-state index is -0.122. The maximum absolute atomic E-state index is 13.5. The first-order valence-corrected chi connectivity index (χ1v) is 6.84. The highest BCUT2D eigenvalue weighted by Crippen LogP contribution is 2.27. The van der Waals surface area contributed by atoms with Gasteiger partial charge in [0.1, 0.15) is 5.82 Å². The van der Waals surface area contributed by atoms with Crippen LogP contribution in [0.3, 0.4) is 0 Å². The molecule has 1 aromatic carbocycles. The zero-order chi connectivity index (χ0) is 13.1. The molecule has 100 valence electrons. The molecule has 2 rings (SSSR count). The molecule has 0 spiro atoms. The molecule has 3 unspecified atom stereocenters. The molecule has 3 atom stereocenters. The van der Waals surface area contributed by atoms with Gasteiger partial charge in [-0.15, -0.1) is 0 Å². The molecule has 0 bridgehead atoms. The SMILES string of the molecule is Cc1ccc(C(C)NC2CCCC2CN)cc1F. The molecule has 1 saturated carbocycles. The molecular formula is C15H23FN2. The highest BCUT2D eigenvalue weighted by Gasteiger charge is 2.27. The fraction of sp³-hybridized carbons (Fsp3) is 0.600. The van der Waals surface area contributed by atoms with Gasteiger partial charge in [-0.25, -0.2) is 4.39 Å². The monoisotopic (exact) mass is 250 g/mol. The molecular weight excluding hydrogens is 227 g/mol. The van der Waals surface area contributed by atoms with Crippen LogP contribution in [0, 0.1) is 18.7 Å². The molecule has 0 aromatic heterocycles. The van der Waals surface area contributed by atoms with Crippen LogP contribution < -0.4 is 11.1 Å². The number of nitrogens with two attached hydrogens (primary N) is 1. The Morgan fingerprint density at radius 2 is 2.22 bits per heavy atom. The number of rotatable bonds is 4. The molecule has 2 nitrogen and oxygen atoms in total. The second-order valence-electron chi connectivity index (χ2n) is 5.43. The van der Waals surface area contributed by atoms with E-state index in [-0.39, 0.29) is 11.9 Å². The van der Waals surface area contributed by atoms with Crippen LogP contribution in [0.4, 0.5) is 4.39 Å². The molecule has 18 heavy (non-hydrogen) atoms. The van der Waals surface area contributed by atoms with Gasteiger partial charge in [-0.3, -0.25) is 0 Å². The summed E-state index contributed by atoms with van der Waals surface area (Å²) in [7, 11) is 0. The van der Waals surface area contributed by atoms with E-state index in [0.29, 0.717) is 17.5 Å². The number of benzene rings is 1. The van der Waals surface area contributed by atoms with Gasteiger partial charge in [-0.2, -0.15) is 0 Å². The van der Waals surface area contributed by atoms with E-state index < -0.39 is 0 Å². The number of halogens is 1. The lowest BCUT2D eigenvalue weighted by atomic mass is 10.0. The Hall–Kier alpha value is -0.930. The van der Waals surface area contributed by atoms with E-state index in [0.717, 1.165) is 12.1 Å². The van der Waals surface area contributed by atoms with Crippen LogP contribution in [0.1, 0.15) is 43.4 Å². The smallest absolute Gasteiger partial charge is 0.126 e. The van der Waals surface area contributed by atoms with Gasteiger partial charge < -0.3 is 11.1 Å². The van der Waals surface area contributed by atoms with Crippen LogP contribution in [-0.2, 0) is 0 Å². The van der Waals surface area contributed by atoms with Gasteiger partial charge >= 0.3 is 0 Å². The summed E-state index contributed by atoms with van der Waals surface area (Å²) in [6, 6.07) is 6.14. The third-order valence-electron chi connectivity index (χ3n) is 4.12. The Balaban J connectivity index is 2.02. The van der Waals surface area contributed by atoms with Crippen LogP contribution in [-0.4, -0.2) is 12.6 Å². The normalized spacial score (nSPS) is 25.3.